The maximum absolute atomic E-state index is 13.5. The first kappa shape index (κ1) is 24.0. The Morgan fingerprint density at radius 3 is 2.03 bits per heavy atom. The number of carbonyl (C=O) groups is 3. The van der Waals surface area contributed by atoms with Crippen LogP contribution in [0.25, 0.3) is 0 Å². The maximum Gasteiger partial charge on any atom is 0.253 e. The number of rotatable bonds is 5. The highest BCUT2D eigenvalue weighted by molar-refractivity contribution is 5.94. The average Bonchev–Trinajstić information content (AvgIpc) is 2.88. The molecule has 3 amide bonds. The zero-order chi connectivity index (χ0) is 24.1. The molecule has 4 rings (SSSR count). The fraction of sp³-hybridized carbons (Fsp3) is 0.444. The van der Waals surface area contributed by atoms with Crippen molar-refractivity contribution in [3.63, 3.8) is 0 Å². The molecule has 180 valence electrons. The van der Waals surface area contributed by atoms with Crippen LogP contribution in [-0.2, 0) is 21.5 Å². The van der Waals surface area contributed by atoms with Crippen molar-refractivity contribution in [1.29, 1.82) is 0 Å². The number of piperidine rings is 1. The van der Waals surface area contributed by atoms with Crippen molar-refractivity contribution in [2.24, 2.45) is 0 Å². The molecule has 2 fully saturated rings. The van der Waals surface area contributed by atoms with E-state index in [9.17, 15) is 14.4 Å². The van der Waals surface area contributed by atoms with E-state index in [1.165, 1.54) is 0 Å². The van der Waals surface area contributed by atoms with Crippen molar-refractivity contribution in [2.45, 2.75) is 31.7 Å². The van der Waals surface area contributed by atoms with Crippen LogP contribution < -0.4 is 5.32 Å². The Hall–Kier alpha value is -3.19. The first-order valence-electron chi connectivity index (χ1n) is 12.1. The fourth-order valence-electron chi connectivity index (χ4n) is 4.92. The lowest BCUT2D eigenvalue weighted by atomic mass is 9.72. The Balaban J connectivity index is 1.41. The second kappa shape index (κ2) is 10.4. The third kappa shape index (κ3) is 5.14. The molecule has 1 N–H and O–H groups in total. The molecular weight excluding hydrogens is 428 g/mol. The van der Waals surface area contributed by atoms with Crippen LogP contribution in [0, 0.1) is 0 Å². The number of likely N-dealkylation sites (tertiary alicyclic amines) is 1. The van der Waals surface area contributed by atoms with Gasteiger partial charge in [0.15, 0.2) is 0 Å². The first-order valence-corrected chi connectivity index (χ1v) is 12.1. The van der Waals surface area contributed by atoms with Gasteiger partial charge in [0.25, 0.3) is 5.91 Å². The molecule has 2 aliphatic rings. The second-order valence-electron chi connectivity index (χ2n) is 9.43. The lowest BCUT2D eigenvalue weighted by Gasteiger charge is -2.40. The third-order valence-electron chi connectivity index (χ3n) is 7.27. The van der Waals surface area contributed by atoms with E-state index in [0.717, 1.165) is 37.3 Å². The predicted octanol–water partition coefficient (Wildman–Crippen LogP) is 2.27. The summed E-state index contributed by atoms with van der Waals surface area (Å²) in [5.74, 6) is 0.0942. The lowest BCUT2D eigenvalue weighted by molar-refractivity contribution is -0.135. The SMILES string of the molecule is CC(=O)N1CCC(C(=O)NCc2ccc(C(=O)N3CCN(C)CC3)cc2)(c2ccccc2)CC1. The quantitative estimate of drug-likeness (QED) is 0.740. The van der Waals surface area contributed by atoms with Crippen molar-refractivity contribution < 1.29 is 14.4 Å². The van der Waals surface area contributed by atoms with Gasteiger partial charge in [0.1, 0.15) is 0 Å². The molecule has 2 aromatic rings. The van der Waals surface area contributed by atoms with Gasteiger partial charge in [-0.15, -0.1) is 0 Å². The third-order valence-corrected chi connectivity index (χ3v) is 7.27. The Kier molecular flexibility index (Phi) is 7.32. The van der Waals surface area contributed by atoms with E-state index in [0.29, 0.717) is 38.0 Å². The number of piperazine rings is 1. The number of likely N-dealkylation sites (N-methyl/N-ethyl adjacent to an activating group) is 1. The topological polar surface area (TPSA) is 73.0 Å². The lowest BCUT2D eigenvalue weighted by Crippen LogP contribution is -2.52. The summed E-state index contributed by atoms with van der Waals surface area (Å²) in [5, 5.41) is 3.13. The Morgan fingerprint density at radius 2 is 1.44 bits per heavy atom. The van der Waals surface area contributed by atoms with Gasteiger partial charge in [0.05, 0.1) is 5.41 Å². The number of hydrogen-bond donors (Lipinski definition) is 1. The molecule has 0 aromatic heterocycles. The standard InChI is InChI=1S/C27H34N4O3/c1-21(32)30-14-12-27(13-15-30,24-6-4-3-5-7-24)26(34)28-20-22-8-10-23(11-9-22)25(33)31-18-16-29(2)17-19-31/h3-11H,12-20H2,1-2H3,(H,28,34). The number of hydrogen-bond acceptors (Lipinski definition) is 4. The predicted molar refractivity (Wildman–Crippen MR) is 131 cm³/mol. The van der Waals surface area contributed by atoms with Crippen LogP contribution in [0.3, 0.4) is 0 Å². The van der Waals surface area contributed by atoms with Crippen molar-refractivity contribution in [2.75, 3.05) is 46.3 Å². The van der Waals surface area contributed by atoms with Gasteiger partial charge >= 0.3 is 0 Å². The molecule has 0 aliphatic carbocycles. The van der Waals surface area contributed by atoms with Crippen LogP contribution >= 0.6 is 0 Å². The summed E-state index contributed by atoms with van der Waals surface area (Å²) in [6.07, 6.45) is 1.20. The summed E-state index contributed by atoms with van der Waals surface area (Å²) in [6, 6.07) is 17.4. The minimum absolute atomic E-state index is 0.0144. The zero-order valence-corrected chi connectivity index (χ0v) is 20.1. The van der Waals surface area contributed by atoms with Crippen LogP contribution in [0.5, 0.6) is 0 Å². The summed E-state index contributed by atoms with van der Waals surface area (Å²) in [4.78, 5) is 44.0. The van der Waals surface area contributed by atoms with Gasteiger partial charge in [-0.25, -0.2) is 0 Å². The van der Waals surface area contributed by atoms with E-state index in [1.54, 1.807) is 6.92 Å². The van der Waals surface area contributed by atoms with Gasteiger partial charge in [-0.2, -0.15) is 0 Å². The summed E-state index contributed by atoms with van der Waals surface area (Å²) in [5.41, 5.74) is 1.97. The van der Waals surface area contributed by atoms with Crippen LogP contribution in [0.4, 0.5) is 0 Å². The first-order chi connectivity index (χ1) is 16.4. The Bertz CT molecular complexity index is 1010. The number of carbonyl (C=O) groups excluding carboxylic acids is 3. The van der Waals surface area contributed by atoms with E-state index in [1.807, 2.05) is 64.4 Å². The largest absolute Gasteiger partial charge is 0.351 e. The van der Waals surface area contributed by atoms with Crippen LogP contribution in [-0.4, -0.2) is 78.7 Å². The Morgan fingerprint density at radius 1 is 0.824 bits per heavy atom. The van der Waals surface area contributed by atoms with Gasteiger partial charge in [0.2, 0.25) is 11.8 Å². The van der Waals surface area contributed by atoms with Gasteiger partial charge in [-0.3, -0.25) is 14.4 Å². The highest BCUT2D eigenvalue weighted by Gasteiger charge is 2.43. The number of nitrogens with zero attached hydrogens (tertiary/aromatic N) is 3. The van der Waals surface area contributed by atoms with E-state index in [2.05, 4.69) is 17.3 Å². The van der Waals surface area contributed by atoms with E-state index in [4.69, 9.17) is 0 Å². The molecule has 2 saturated heterocycles. The van der Waals surface area contributed by atoms with Crippen molar-refractivity contribution in [3.8, 4) is 0 Å². The maximum atomic E-state index is 13.5. The summed E-state index contributed by atoms with van der Waals surface area (Å²) >= 11 is 0. The van der Waals surface area contributed by atoms with Crippen molar-refractivity contribution in [3.05, 3.63) is 71.3 Å². The van der Waals surface area contributed by atoms with Gasteiger partial charge in [-0.1, -0.05) is 42.5 Å². The van der Waals surface area contributed by atoms with Gasteiger partial charge < -0.3 is 20.0 Å². The molecule has 7 heteroatoms. The highest BCUT2D eigenvalue weighted by atomic mass is 16.2. The molecule has 0 spiro atoms. The van der Waals surface area contributed by atoms with Crippen molar-refractivity contribution in [1.82, 2.24) is 20.0 Å². The normalized spacial score (nSPS) is 18.4. The number of nitrogens with one attached hydrogen (secondary N) is 1. The Labute approximate surface area is 201 Å². The van der Waals surface area contributed by atoms with Crippen LogP contribution in [0.1, 0.15) is 41.3 Å². The van der Waals surface area contributed by atoms with Crippen LogP contribution in [0.15, 0.2) is 54.6 Å². The fourth-order valence-corrected chi connectivity index (χ4v) is 4.92. The molecule has 0 atom stereocenters. The molecule has 2 heterocycles. The van der Waals surface area contributed by atoms with Crippen LogP contribution in [0.2, 0.25) is 0 Å². The van der Waals surface area contributed by atoms with E-state index < -0.39 is 5.41 Å². The smallest absolute Gasteiger partial charge is 0.253 e. The molecule has 0 radical (unpaired) electrons. The molecule has 0 bridgehead atoms. The molecule has 0 unspecified atom stereocenters. The van der Waals surface area contributed by atoms with E-state index >= 15 is 0 Å². The summed E-state index contributed by atoms with van der Waals surface area (Å²) in [6.45, 7) is 6.39. The molecule has 7 nitrogen and oxygen atoms in total. The summed E-state index contributed by atoms with van der Waals surface area (Å²) < 4.78 is 0. The minimum Gasteiger partial charge on any atom is -0.351 e. The molecule has 34 heavy (non-hydrogen) atoms. The van der Waals surface area contributed by atoms with Gasteiger partial charge in [-0.05, 0) is 43.1 Å². The summed E-state index contributed by atoms with van der Waals surface area (Å²) in [7, 11) is 2.07. The molecule has 0 saturated carbocycles. The zero-order valence-electron chi connectivity index (χ0n) is 20.1. The number of amides is 3. The van der Waals surface area contributed by atoms with Crippen molar-refractivity contribution >= 4 is 17.7 Å². The van der Waals surface area contributed by atoms with E-state index in [-0.39, 0.29) is 17.7 Å². The average molecular weight is 463 g/mol. The second-order valence-corrected chi connectivity index (χ2v) is 9.43. The highest BCUT2D eigenvalue weighted by Crippen LogP contribution is 2.36. The monoisotopic (exact) mass is 462 g/mol. The molecule has 2 aliphatic heterocycles. The minimum atomic E-state index is -0.648. The molecular formula is C27H34N4O3. The van der Waals surface area contributed by atoms with Gasteiger partial charge in [0, 0.05) is 58.3 Å². The molecule has 2 aromatic carbocycles. The number of benzene rings is 2.